The third-order valence-corrected chi connectivity index (χ3v) is 4.62. The van der Waals surface area contributed by atoms with Gasteiger partial charge in [0.05, 0.1) is 22.4 Å². The van der Waals surface area contributed by atoms with Crippen LogP contribution in [0.2, 0.25) is 0 Å². The molecule has 0 saturated heterocycles. The summed E-state index contributed by atoms with van der Waals surface area (Å²) in [4.78, 5) is 15.1. The molecule has 1 aromatic carbocycles. The van der Waals surface area contributed by atoms with Gasteiger partial charge in [0.1, 0.15) is 11.5 Å². The minimum Gasteiger partial charge on any atom is -0.361 e. The molecule has 4 rings (SSSR count). The summed E-state index contributed by atoms with van der Waals surface area (Å²) >= 11 is 0. The van der Waals surface area contributed by atoms with E-state index in [0.717, 1.165) is 50.4 Å². The first-order valence-electron chi connectivity index (χ1n) is 7.97. The monoisotopic (exact) mass is 340 g/mol. The van der Waals surface area contributed by atoms with Crippen molar-refractivity contribution >= 4 is 11.0 Å². The van der Waals surface area contributed by atoms with Crippen molar-refractivity contribution < 1.29 is 10.5 Å². The van der Waals surface area contributed by atoms with Crippen molar-refractivity contribution in [2.75, 3.05) is 0 Å². The fourth-order valence-corrected chi connectivity index (χ4v) is 3.49. The number of imidazole rings is 1. The summed E-state index contributed by atoms with van der Waals surface area (Å²) in [5.74, 6) is 1.45. The molecule has 0 bridgehead atoms. The highest BCUT2D eigenvalue weighted by atomic mass is 16.5. The zero-order valence-corrected chi connectivity index (χ0v) is 14.7. The maximum atomic E-state index is 12.2. The molecule has 25 heavy (non-hydrogen) atoms. The van der Waals surface area contributed by atoms with Gasteiger partial charge in [-0.3, -0.25) is 4.57 Å². The normalized spacial score (nSPS) is 11.6. The molecule has 0 aliphatic carbocycles. The van der Waals surface area contributed by atoms with Crippen LogP contribution in [0.1, 0.15) is 24.3 Å². The van der Waals surface area contributed by atoms with Gasteiger partial charge in [-0.1, -0.05) is 10.3 Å². The molecule has 0 amide bonds. The molecule has 0 aliphatic heterocycles. The van der Waals surface area contributed by atoms with Crippen LogP contribution in [-0.4, -0.2) is 19.9 Å². The minimum atomic E-state index is -0.168. The van der Waals surface area contributed by atoms with E-state index in [9.17, 15) is 4.79 Å². The number of aryl methyl sites for hydroxylation is 5. The van der Waals surface area contributed by atoms with Crippen molar-refractivity contribution in [1.29, 1.82) is 0 Å². The summed E-state index contributed by atoms with van der Waals surface area (Å²) < 4.78 is 12.3. The lowest BCUT2D eigenvalue weighted by Gasteiger charge is -2.09. The van der Waals surface area contributed by atoms with Gasteiger partial charge >= 0.3 is 5.69 Å². The average molecular weight is 340 g/mol. The van der Waals surface area contributed by atoms with Crippen molar-refractivity contribution in [3.63, 3.8) is 0 Å². The molecule has 3 aromatic heterocycles. The van der Waals surface area contributed by atoms with Crippen LogP contribution >= 0.6 is 0 Å². The predicted octanol–water partition coefficient (Wildman–Crippen LogP) is 3.66. The van der Waals surface area contributed by atoms with E-state index in [-0.39, 0.29) is 7.12 Å². The number of fused-ring (bicyclic) bond motifs is 1. The topological polar surface area (TPSA) is 89.8 Å². The van der Waals surface area contributed by atoms with Gasteiger partial charge in [0.25, 0.3) is 0 Å². The van der Waals surface area contributed by atoms with E-state index >= 15 is 0 Å². The number of rotatable bonds is 2. The lowest BCUT2D eigenvalue weighted by Crippen LogP contribution is -2.12. The molecule has 0 unspecified atom stereocenters. The first-order valence-corrected chi connectivity index (χ1v) is 7.97. The second-order valence-corrected chi connectivity index (χ2v) is 6.31. The molecule has 0 saturated carbocycles. The molecule has 0 radical (unpaired) electrons. The van der Waals surface area contributed by atoms with Crippen molar-refractivity contribution in [2.24, 2.45) is 7.05 Å². The standard InChI is InChI=1S/C18H18N4O3.H2/c1-8-15(10(3)24-20-8)12-6-13(16-9(2)21-25-11(16)4)17-14(7-12)19-18(23)22(17)5;/h6-7H,1-5H3,(H,19,23);1H. The minimum absolute atomic E-state index is 0. The average Bonchev–Trinajstić information content (AvgIpc) is 3.16. The maximum Gasteiger partial charge on any atom is 0.326 e. The maximum absolute atomic E-state index is 12.2. The van der Waals surface area contributed by atoms with E-state index in [0.29, 0.717) is 5.76 Å². The SMILES string of the molecule is Cc1noc(C)c1-c1cc(-c2c(C)noc2C)c2c(c1)[nH]c(=O)n2C.[HH]. The first kappa shape index (κ1) is 15.4. The number of benzene rings is 1. The van der Waals surface area contributed by atoms with Crippen LogP contribution in [-0.2, 0) is 7.05 Å². The molecule has 7 heteroatoms. The van der Waals surface area contributed by atoms with Gasteiger partial charge in [0.15, 0.2) is 0 Å². The van der Waals surface area contributed by atoms with Crippen molar-refractivity contribution in [1.82, 2.24) is 19.9 Å². The van der Waals surface area contributed by atoms with Crippen LogP contribution in [0.25, 0.3) is 33.3 Å². The Morgan fingerprint density at radius 3 is 2.16 bits per heavy atom. The number of aromatic nitrogens is 4. The summed E-state index contributed by atoms with van der Waals surface area (Å²) in [7, 11) is 1.75. The van der Waals surface area contributed by atoms with Gasteiger partial charge in [-0.2, -0.15) is 0 Å². The highest BCUT2D eigenvalue weighted by molar-refractivity contribution is 5.97. The summed E-state index contributed by atoms with van der Waals surface area (Å²) in [6.07, 6.45) is 0. The van der Waals surface area contributed by atoms with Crippen LogP contribution in [0.4, 0.5) is 0 Å². The van der Waals surface area contributed by atoms with Crippen molar-refractivity contribution in [2.45, 2.75) is 27.7 Å². The summed E-state index contributed by atoms with van der Waals surface area (Å²) in [6, 6.07) is 3.99. The van der Waals surface area contributed by atoms with Gasteiger partial charge in [-0.25, -0.2) is 4.79 Å². The van der Waals surface area contributed by atoms with E-state index in [4.69, 9.17) is 9.05 Å². The third kappa shape index (κ3) is 2.15. The predicted molar refractivity (Wildman–Crippen MR) is 95.6 cm³/mol. The van der Waals surface area contributed by atoms with Crippen LogP contribution in [0.5, 0.6) is 0 Å². The zero-order valence-electron chi connectivity index (χ0n) is 14.7. The zero-order chi connectivity index (χ0) is 17.9. The molecule has 0 atom stereocenters. The van der Waals surface area contributed by atoms with E-state index < -0.39 is 0 Å². The van der Waals surface area contributed by atoms with Crippen LogP contribution in [0, 0.1) is 27.7 Å². The molecule has 0 spiro atoms. The molecule has 0 fully saturated rings. The lowest BCUT2D eigenvalue weighted by atomic mass is 9.95. The highest BCUT2D eigenvalue weighted by Gasteiger charge is 2.21. The third-order valence-electron chi connectivity index (χ3n) is 4.62. The van der Waals surface area contributed by atoms with Crippen molar-refractivity contribution in [3.05, 3.63) is 45.5 Å². The van der Waals surface area contributed by atoms with E-state index in [2.05, 4.69) is 15.3 Å². The fourth-order valence-electron chi connectivity index (χ4n) is 3.49. The Morgan fingerprint density at radius 2 is 1.60 bits per heavy atom. The Kier molecular flexibility index (Phi) is 3.21. The van der Waals surface area contributed by atoms with E-state index in [1.807, 2.05) is 39.8 Å². The molecule has 1 N–H and O–H groups in total. The summed E-state index contributed by atoms with van der Waals surface area (Å²) in [6.45, 7) is 7.54. The quantitative estimate of drug-likeness (QED) is 0.601. The number of aromatic amines is 1. The smallest absolute Gasteiger partial charge is 0.326 e. The molecular formula is C18H20N4O3. The van der Waals surface area contributed by atoms with Gasteiger partial charge < -0.3 is 14.0 Å². The highest BCUT2D eigenvalue weighted by Crippen LogP contribution is 2.37. The number of nitrogens with zero attached hydrogens (tertiary/aromatic N) is 3. The Morgan fingerprint density at radius 1 is 1.00 bits per heavy atom. The lowest BCUT2D eigenvalue weighted by molar-refractivity contribution is 0.393. The molecule has 7 nitrogen and oxygen atoms in total. The fraction of sp³-hybridized carbons (Fsp3) is 0.278. The number of nitrogens with one attached hydrogen (secondary N) is 1. The summed E-state index contributed by atoms with van der Waals surface area (Å²) in [5, 5.41) is 8.10. The van der Waals surface area contributed by atoms with E-state index in [1.54, 1.807) is 11.6 Å². The Bertz CT molecular complexity index is 1140. The molecule has 4 aromatic rings. The van der Waals surface area contributed by atoms with Crippen molar-refractivity contribution in [3.8, 4) is 22.3 Å². The largest absolute Gasteiger partial charge is 0.361 e. The molecule has 3 heterocycles. The van der Waals surface area contributed by atoms with E-state index in [1.165, 1.54) is 0 Å². The number of H-pyrrole nitrogens is 1. The van der Waals surface area contributed by atoms with Crippen LogP contribution in [0.15, 0.2) is 26.0 Å². The Balaban J connectivity index is 0.00000196. The second-order valence-electron chi connectivity index (χ2n) is 6.31. The number of hydrogen-bond donors (Lipinski definition) is 1. The van der Waals surface area contributed by atoms with Gasteiger partial charge in [0.2, 0.25) is 0 Å². The first-order chi connectivity index (χ1) is 11.9. The van der Waals surface area contributed by atoms with Crippen LogP contribution < -0.4 is 5.69 Å². The molecule has 0 aliphatic rings. The van der Waals surface area contributed by atoms with Gasteiger partial charge in [-0.05, 0) is 45.4 Å². The van der Waals surface area contributed by atoms with Gasteiger partial charge in [-0.15, -0.1) is 0 Å². The molecule has 130 valence electrons. The second kappa shape index (κ2) is 5.20. The van der Waals surface area contributed by atoms with Crippen LogP contribution in [0.3, 0.4) is 0 Å². The Labute approximate surface area is 144 Å². The number of hydrogen-bond acceptors (Lipinski definition) is 5. The summed E-state index contributed by atoms with van der Waals surface area (Å²) in [5.41, 5.74) is 6.63. The molecular weight excluding hydrogens is 320 g/mol. The Hall–Kier alpha value is -3.09. The van der Waals surface area contributed by atoms with Gasteiger partial charge in [0, 0.05) is 25.2 Å².